The van der Waals surface area contributed by atoms with E-state index in [0.717, 1.165) is 32.1 Å². The molecule has 112 valence electrons. The summed E-state index contributed by atoms with van der Waals surface area (Å²) in [5.41, 5.74) is 0.479. The number of halogens is 3. The molecule has 4 heteroatoms. The standard InChI is InChI=1S/C16H21F3O/c1-11(10-20)13-7-8-14(12-5-3-2-4-6-12)15(9-13)16(17,18)19/h7-9,11-12,20H,2-6,10H2,1H3. The molecule has 1 unspecified atom stereocenters. The molecule has 1 nitrogen and oxygen atoms in total. The van der Waals surface area contributed by atoms with Gasteiger partial charge < -0.3 is 5.11 Å². The lowest BCUT2D eigenvalue weighted by atomic mass is 9.81. The first-order valence-electron chi connectivity index (χ1n) is 7.25. The maximum absolute atomic E-state index is 13.3. The number of alkyl halides is 3. The van der Waals surface area contributed by atoms with Gasteiger partial charge in [-0.3, -0.25) is 0 Å². The highest BCUT2D eigenvalue weighted by Gasteiger charge is 2.36. The minimum absolute atomic E-state index is 0.0267. The highest BCUT2D eigenvalue weighted by molar-refractivity contribution is 5.38. The second-order valence-corrected chi connectivity index (χ2v) is 5.76. The molecule has 1 N–H and O–H groups in total. The molecule has 0 saturated heterocycles. The van der Waals surface area contributed by atoms with Crippen molar-refractivity contribution < 1.29 is 18.3 Å². The van der Waals surface area contributed by atoms with Gasteiger partial charge >= 0.3 is 6.18 Å². The lowest BCUT2D eigenvalue weighted by Crippen LogP contribution is -2.15. The van der Waals surface area contributed by atoms with Gasteiger partial charge in [-0.05, 0) is 36.0 Å². The van der Waals surface area contributed by atoms with Crippen molar-refractivity contribution in [2.24, 2.45) is 0 Å². The number of benzene rings is 1. The number of hydrogen-bond acceptors (Lipinski definition) is 1. The third-order valence-corrected chi connectivity index (χ3v) is 4.27. The minimum Gasteiger partial charge on any atom is -0.396 e. The van der Waals surface area contributed by atoms with Gasteiger partial charge in [-0.25, -0.2) is 0 Å². The topological polar surface area (TPSA) is 20.2 Å². The van der Waals surface area contributed by atoms with Crippen LogP contribution in [0.1, 0.15) is 67.6 Å². The largest absolute Gasteiger partial charge is 0.416 e. The van der Waals surface area contributed by atoms with Crippen LogP contribution < -0.4 is 0 Å². The molecule has 20 heavy (non-hydrogen) atoms. The van der Waals surface area contributed by atoms with Gasteiger partial charge in [-0.15, -0.1) is 0 Å². The van der Waals surface area contributed by atoms with Crippen molar-refractivity contribution in [1.29, 1.82) is 0 Å². The van der Waals surface area contributed by atoms with Crippen LogP contribution in [0.5, 0.6) is 0 Å². The quantitative estimate of drug-likeness (QED) is 0.842. The third-order valence-electron chi connectivity index (χ3n) is 4.27. The third kappa shape index (κ3) is 3.35. The Morgan fingerprint density at radius 1 is 1.20 bits per heavy atom. The normalized spacial score (nSPS) is 19.1. The Balaban J connectivity index is 2.40. The van der Waals surface area contributed by atoms with E-state index in [9.17, 15) is 13.2 Å². The van der Waals surface area contributed by atoms with Crippen LogP contribution in [0.4, 0.5) is 13.2 Å². The summed E-state index contributed by atoms with van der Waals surface area (Å²) in [4.78, 5) is 0. The smallest absolute Gasteiger partial charge is 0.396 e. The van der Waals surface area contributed by atoms with Crippen LogP contribution in [0.2, 0.25) is 0 Å². The van der Waals surface area contributed by atoms with E-state index in [0.29, 0.717) is 11.1 Å². The molecule has 1 aliphatic rings. The molecule has 1 saturated carbocycles. The SMILES string of the molecule is CC(CO)c1ccc(C2CCCCC2)c(C(F)(F)F)c1. The van der Waals surface area contributed by atoms with Crippen LogP contribution in [0.25, 0.3) is 0 Å². The number of aliphatic hydroxyl groups is 1. The molecule has 0 spiro atoms. The Bertz CT molecular complexity index is 448. The maximum atomic E-state index is 13.3. The van der Waals surface area contributed by atoms with Gasteiger partial charge in [0, 0.05) is 12.5 Å². The van der Waals surface area contributed by atoms with Crippen LogP contribution in [-0.2, 0) is 6.18 Å². The van der Waals surface area contributed by atoms with Gasteiger partial charge in [0.15, 0.2) is 0 Å². The highest BCUT2D eigenvalue weighted by Crippen LogP contribution is 2.41. The van der Waals surface area contributed by atoms with Crippen LogP contribution in [0.15, 0.2) is 18.2 Å². The highest BCUT2D eigenvalue weighted by atomic mass is 19.4. The first-order valence-corrected chi connectivity index (χ1v) is 7.25. The second-order valence-electron chi connectivity index (χ2n) is 5.76. The van der Waals surface area contributed by atoms with Crippen LogP contribution in [-0.4, -0.2) is 11.7 Å². The number of aliphatic hydroxyl groups excluding tert-OH is 1. The van der Waals surface area contributed by atoms with Crippen molar-refractivity contribution in [2.75, 3.05) is 6.61 Å². The lowest BCUT2D eigenvalue weighted by molar-refractivity contribution is -0.138. The van der Waals surface area contributed by atoms with Crippen molar-refractivity contribution in [1.82, 2.24) is 0 Å². The Labute approximate surface area is 117 Å². The Hall–Kier alpha value is -1.03. The molecular weight excluding hydrogens is 265 g/mol. The number of hydrogen-bond donors (Lipinski definition) is 1. The van der Waals surface area contributed by atoms with E-state index < -0.39 is 11.7 Å². The molecule has 2 rings (SSSR count). The van der Waals surface area contributed by atoms with E-state index in [1.807, 2.05) is 0 Å². The summed E-state index contributed by atoms with van der Waals surface area (Å²) < 4.78 is 39.9. The maximum Gasteiger partial charge on any atom is 0.416 e. The predicted molar refractivity (Wildman–Crippen MR) is 72.8 cm³/mol. The molecule has 1 aliphatic carbocycles. The molecule has 0 bridgehead atoms. The first kappa shape index (κ1) is 15.4. The second kappa shape index (κ2) is 6.17. The average molecular weight is 286 g/mol. The molecule has 0 radical (unpaired) electrons. The minimum atomic E-state index is -4.32. The van der Waals surface area contributed by atoms with Crippen molar-refractivity contribution in [3.05, 3.63) is 34.9 Å². The van der Waals surface area contributed by atoms with Crippen LogP contribution in [0.3, 0.4) is 0 Å². The Morgan fingerprint density at radius 3 is 2.40 bits per heavy atom. The fourth-order valence-corrected chi connectivity index (χ4v) is 3.00. The molecular formula is C16H21F3O. The zero-order valence-electron chi connectivity index (χ0n) is 11.7. The average Bonchev–Trinajstić information content (AvgIpc) is 2.46. The summed E-state index contributed by atoms with van der Waals surface area (Å²) in [6.45, 7) is 1.59. The molecule has 1 aromatic rings. The Kier molecular flexibility index (Phi) is 4.74. The molecule has 1 atom stereocenters. The van der Waals surface area contributed by atoms with E-state index in [1.165, 1.54) is 6.07 Å². The number of rotatable bonds is 3. The van der Waals surface area contributed by atoms with E-state index in [4.69, 9.17) is 5.11 Å². The summed E-state index contributed by atoms with van der Waals surface area (Å²) in [7, 11) is 0. The zero-order valence-corrected chi connectivity index (χ0v) is 11.7. The van der Waals surface area contributed by atoms with E-state index >= 15 is 0 Å². The summed E-state index contributed by atoms with van der Waals surface area (Å²) in [5.74, 6) is -0.240. The van der Waals surface area contributed by atoms with Gasteiger partial charge in [0.05, 0.1) is 5.56 Å². The first-order chi connectivity index (χ1) is 9.43. The molecule has 0 heterocycles. The van der Waals surface area contributed by atoms with E-state index in [1.54, 1.807) is 19.1 Å². The molecule has 1 aromatic carbocycles. The van der Waals surface area contributed by atoms with Crippen molar-refractivity contribution in [3.8, 4) is 0 Å². The van der Waals surface area contributed by atoms with Crippen LogP contribution >= 0.6 is 0 Å². The zero-order chi connectivity index (χ0) is 14.8. The molecule has 1 fully saturated rings. The van der Waals surface area contributed by atoms with E-state index in [2.05, 4.69) is 0 Å². The summed E-state index contributed by atoms with van der Waals surface area (Å²) in [6, 6.07) is 4.59. The molecule has 0 aliphatic heterocycles. The van der Waals surface area contributed by atoms with Crippen LogP contribution in [0, 0.1) is 0 Å². The molecule has 0 aromatic heterocycles. The van der Waals surface area contributed by atoms with Gasteiger partial charge in [-0.1, -0.05) is 38.3 Å². The van der Waals surface area contributed by atoms with Gasteiger partial charge in [-0.2, -0.15) is 13.2 Å². The van der Waals surface area contributed by atoms with Gasteiger partial charge in [0.2, 0.25) is 0 Å². The van der Waals surface area contributed by atoms with E-state index in [-0.39, 0.29) is 18.4 Å². The fourth-order valence-electron chi connectivity index (χ4n) is 3.00. The lowest BCUT2D eigenvalue weighted by Gasteiger charge is -2.26. The summed E-state index contributed by atoms with van der Waals surface area (Å²) >= 11 is 0. The van der Waals surface area contributed by atoms with Crippen molar-refractivity contribution in [3.63, 3.8) is 0 Å². The van der Waals surface area contributed by atoms with Crippen molar-refractivity contribution in [2.45, 2.75) is 57.0 Å². The van der Waals surface area contributed by atoms with Gasteiger partial charge in [0.25, 0.3) is 0 Å². The van der Waals surface area contributed by atoms with Gasteiger partial charge in [0.1, 0.15) is 0 Å². The Morgan fingerprint density at radius 2 is 1.85 bits per heavy atom. The molecule has 0 amide bonds. The predicted octanol–water partition coefficient (Wildman–Crippen LogP) is 4.85. The fraction of sp³-hybridized carbons (Fsp3) is 0.625. The summed E-state index contributed by atoms with van der Waals surface area (Å²) in [5, 5.41) is 9.12. The van der Waals surface area contributed by atoms with Crippen molar-refractivity contribution >= 4 is 0 Å². The summed E-state index contributed by atoms with van der Waals surface area (Å²) in [6.07, 6.45) is 0.513. The monoisotopic (exact) mass is 286 g/mol.